The topological polar surface area (TPSA) is 49.3 Å². The zero-order valence-electron chi connectivity index (χ0n) is 9.75. The fraction of sp³-hybridized carbons (Fsp3) is 0. The molecule has 2 aromatic rings. The van der Waals surface area contributed by atoms with Gasteiger partial charge in [-0.3, -0.25) is 4.79 Å². The Morgan fingerprint density at radius 1 is 1.10 bits per heavy atom. The molecular weight excluding hydrogens is 295 g/mol. The molecule has 20 heavy (non-hydrogen) atoms. The molecule has 0 aromatic heterocycles. The van der Waals surface area contributed by atoms with E-state index in [0.29, 0.717) is 6.07 Å². The van der Waals surface area contributed by atoms with E-state index >= 15 is 0 Å². The summed E-state index contributed by atoms with van der Waals surface area (Å²) in [4.78, 5) is 11.8. The molecular formula is C13H7ClF3NO2. The molecule has 0 atom stereocenters. The molecule has 104 valence electrons. The first kappa shape index (κ1) is 14.2. The fourth-order valence-electron chi connectivity index (χ4n) is 1.53. The van der Waals surface area contributed by atoms with Gasteiger partial charge in [-0.1, -0.05) is 11.6 Å². The maximum absolute atomic E-state index is 13.5. The van der Waals surface area contributed by atoms with Crippen LogP contribution in [0, 0.1) is 17.5 Å². The van der Waals surface area contributed by atoms with Gasteiger partial charge < -0.3 is 10.4 Å². The van der Waals surface area contributed by atoms with E-state index in [1.807, 2.05) is 0 Å². The summed E-state index contributed by atoms with van der Waals surface area (Å²) in [5.74, 6) is -4.20. The Morgan fingerprint density at radius 3 is 2.45 bits per heavy atom. The Hall–Kier alpha value is -2.21. The second-order valence-electron chi connectivity index (χ2n) is 3.86. The van der Waals surface area contributed by atoms with Crippen molar-refractivity contribution in [2.24, 2.45) is 0 Å². The van der Waals surface area contributed by atoms with E-state index in [4.69, 9.17) is 11.6 Å². The minimum absolute atomic E-state index is 0.355. The Kier molecular flexibility index (Phi) is 3.85. The first-order valence-electron chi connectivity index (χ1n) is 5.33. The third-order valence-corrected chi connectivity index (χ3v) is 2.75. The number of hydrogen-bond acceptors (Lipinski definition) is 2. The van der Waals surface area contributed by atoms with Crippen LogP contribution in [0.3, 0.4) is 0 Å². The van der Waals surface area contributed by atoms with Gasteiger partial charge in [0.2, 0.25) is 0 Å². The molecule has 0 spiro atoms. The molecule has 1 amide bonds. The van der Waals surface area contributed by atoms with Crippen LogP contribution in [0.5, 0.6) is 5.75 Å². The quantitative estimate of drug-likeness (QED) is 0.888. The second kappa shape index (κ2) is 5.42. The largest absolute Gasteiger partial charge is 0.507 e. The third-order valence-electron chi connectivity index (χ3n) is 2.45. The standard InChI is InChI=1S/C13H7ClF3NO2/c14-9-4-7(16)5-10(17)12(9)18-13(20)8-3-6(15)1-2-11(8)19/h1-5,19H,(H,18,20). The minimum atomic E-state index is -1.08. The van der Waals surface area contributed by atoms with Gasteiger partial charge in [-0.2, -0.15) is 0 Å². The molecule has 2 rings (SSSR count). The van der Waals surface area contributed by atoms with E-state index < -0.39 is 40.4 Å². The first-order chi connectivity index (χ1) is 9.38. The second-order valence-corrected chi connectivity index (χ2v) is 4.27. The molecule has 3 nitrogen and oxygen atoms in total. The lowest BCUT2D eigenvalue weighted by Gasteiger charge is -2.09. The lowest BCUT2D eigenvalue weighted by Crippen LogP contribution is -2.14. The van der Waals surface area contributed by atoms with Crippen LogP contribution in [0.1, 0.15) is 10.4 Å². The molecule has 0 fully saturated rings. The van der Waals surface area contributed by atoms with E-state index in [2.05, 4.69) is 5.32 Å². The molecule has 0 aliphatic heterocycles. The van der Waals surface area contributed by atoms with Crippen molar-refractivity contribution in [3.8, 4) is 5.75 Å². The molecule has 0 radical (unpaired) electrons. The summed E-state index contributed by atoms with van der Waals surface area (Å²) in [6.45, 7) is 0. The van der Waals surface area contributed by atoms with Crippen molar-refractivity contribution in [3.63, 3.8) is 0 Å². The van der Waals surface area contributed by atoms with Crippen LogP contribution in [0.4, 0.5) is 18.9 Å². The molecule has 0 aliphatic carbocycles. The molecule has 0 aliphatic rings. The van der Waals surface area contributed by atoms with Gasteiger partial charge in [0.25, 0.3) is 5.91 Å². The van der Waals surface area contributed by atoms with Gasteiger partial charge in [-0.25, -0.2) is 13.2 Å². The van der Waals surface area contributed by atoms with Gasteiger partial charge in [0.1, 0.15) is 17.4 Å². The van der Waals surface area contributed by atoms with Crippen LogP contribution in [-0.2, 0) is 0 Å². The van der Waals surface area contributed by atoms with E-state index in [1.165, 1.54) is 0 Å². The number of anilines is 1. The van der Waals surface area contributed by atoms with Crippen LogP contribution < -0.4 is 5.32 Å². The highest BCUT2D eigenvalue weighted by atomic mass is 35.5. The van der Waals surface area contributed by atoms with E-state index in [-0.39, 0.29) is 5.02 Å². The highest BCUT2D eigenvalue weighted by Gasteiger charge is 2.17. The van der Waals surface area contributed by atoms with Gasteiger partial charge in [0.05, 0.1) is 16.3 Å². The Labute approximate surface area is 116 Å². The molecule has 0 bridgehead atoms. The first-order valence-corrected chi connectivity index (χ1v) is 5.70. The lowest BCUT2D eigenvalue weighted by atomic mass is 10.1. The minimum Gasteiger partial charge on any atom is -0.507 e. The van der Waals surface area contributed by atoms with Crippen molar-refractivity contribution in [2.45, 2.75) is 0 Å². The molecule has 2 N–H and O–H groups in total. The maximum atomic E-state index is 13.5. The number of amides is 1. The zero-order valence-corrected chi connectivity index (χ0v) is 10.5. The Balaban J connectivity index is 2.35. The van der Waals surface area contributed by atoms with Crippen molar-refractivity contribution >= 4 is 23.2 Å². The van der Waals surface area contributed by atoms with Gasteiger partial charge >= 0.3 is 0 Å². The van der Waals surface area contributed by atoms with Gasteiger partial charge in [-0.05, 0) is 24.3 Å². The van der Waals surface area contributed by atoms with Crippen molar-refractivity contribution in [2.75, 3.05) is 5.32 Å². The van der Waals surface area contributed by atoms with Crippen molar-refractivity contribution < 1.29 is 23.1 Å². The van der Waals surface area contributed by atoms with Gasteiger partial charge in [0.15, 0.2) is 5.82 Å². The monoisotopic (exact) mass is 301 g/mol. The smallest absolute Gasteiger partial charge is 0.259 e. The highest BCUT2D eigenvalue weighted by Crippen LogP contribution is 2.28. The van der Waals surface area contributed by atoms with Crippen molar-refractivity contribution in [1.82, 2.24) is 0 Å². The average molecular weight is 302 g/mol. The third kappa shape index (κ3) is 2.85. The Bertz CT molecular complexity index is 668. The van der Waals surface area contributed by atoms with Gasteiger partial charge in [0, 0.05) is 6.07 Å². The van der Waals surface area contributed by atoms with Crippen molar-refractivity contribution in [1.29, 1.82) is 0 Å². The predicted molar refractivity (Wildman–Crippen MR) is 67.4 cm³/mol. The number of benzene rings is 2. The average Bonchev–Trinajstić information content (AvgIpc) is 2.36. The molecule has 0 saturated carbocycles. The van der Waals surface area contributed by atoms with E-state index in [1.54, 1.807) is 0 Å². The predicted octanol–water partition coefficient (Wildman–Crippen LogP) is 3.72. The normalized spacial score (nSPS) is 10.4. The van der Waals surface area contributed by atoms with Crippen molar-refractivity contribution in [3.05, 3.63) is 58.4 Å². The number of nitrogens with one attached hydrogen (secondary N) is 1. The summed E-state index contributed by atoms with van der Waals surface area (Å²) in [6, 6.07) is 4.06. The summed E-state index contributed by atoms with van der Waals surface area (Å²) in [5, 5.41) is 11.1. The lowest BCUT2D eigenvalue weighted by molar-refractivity contribution is 0.102. The Morgan fingerprint density at radius 2 is 1.80 bits per heavy atom. The van der Waals surface area contributed by atoms with Crippen LogP contribution in [0.2, 0.25) is 5.02 Å². The maximum Gasteiger partial charge on any atom is 0.259 e. The van der Waals surface area contributed by atoms with E-state index in [9.17, 15) is 23.1 Å². The number of carbonyl (C=O) groups is 1. The van der Waals surface area contributed by atoms with E-state index in [0.717, 1.165) is 24.3 Å². The van der Waals surface area contributed by atoms with Crippen LogP contribution >= 0.6 is 11.6 Å². The highest BCUT2D eigenvalue weighted by molar-refractivity contribution is 6.34. The molecule has 0 saturated heterocycles. The summed E-state index contributed by atoms with van der Waals surface area (Å²) in [7, 11) is 0. The van der Waals surface area contributed by atoms with Crippen LogP contribution in [-0.4, -0.2) is 11.0 Å². The number of phenols is 1. The number of carbonyl (C=O) groups excluding carboxylic acids is 1. The summed E-state index contributed by atoms with van der Waals surface area (Å²) in [5.41, 5.74) is -0.855. The SMILES string of the molecule is O=C(Nc1c(F)cc(F)cc1Cl)c1cc(F)ccc1O. The van der Waals surface area contributed by atoms with Crippen LogP contribution in [0.15, 0.2) is 30.3 Å². The number of rotatable bonds is 2. The number of phenolic OH excluding ortho intramolecular Hbond substituents is 1. The number of halogens is 4. The van der Waals surface area contributed by atoms with Gasteiger partial charge in [-0.15, -0.1) is 0 Å². The summed E-state index contributed by atoms with van der Waals surface area (Å²) < 4.78 is 39.4. The number of hydrogen-bond donors (Lipinski definition) is 2. The molecule has 7 heteroatoms. The molecule has 0 unspecified atom stereocenters. The molecule has 2 aromatic carbocycles. The summed E-state index contributed by atoms with van der Waals surface area (Å²) in [6.07, 6.45) is 0. The van der Waals surface area contributed by atoms with Crippen LogP contribution in [0.25, 0.3) is 0 Å². The fourth-order valence-corrected chi connectivity index (χ4v) is 1.77. The summed E-state index contributed by atoms with van der Waals surface area (Å²) >= 11 is 5.61. The number of aromatic hydroxyl groups is 1. The molecule has 0 heterocycles. The zero-order chi connectivity index (χ0) is 14.9.